The van der Waals surface area contributed by atoms with Crippen LogP contribution in [0.25, 0.3) is 11.2 Å². The average molecular weight is 244 g/mol. The molecule has 2 atom stereocenters. The van der Waals surface area contributed by atoms with E-state index in [9.17, 15) is 0 Å². The fraction of sp³-hybridized carbons (Fsp3) is 0.462. The Labute approximate surface area is 106 Å². The van der Waals surface area contributed by atoms with Gasteiger partial charge in [0.25, 0.3) is 0 Å². The van der Waals surface area contributed by atoms with Gasteiger partial charge in [-0.1, -0.05) is 0 Å². The summed E-state index contributed by atoms with van der Waals surface area (Å²) in [6, 6.07) is 4.12. The molecule has 1 saturated heterocycles. The molecule has 1 aliphatic rings. The highest BCUT2D eigenvalue weighted by Crippen LogP contribution is 2.19. The first-order valence-electron chi connectivity index (χ1n) is 6.29. The van der Waals surface area contributed by atoms with E-state index in [0.29, 0.717) is 5.65 Å². The van der Waals surface area contributed by atoms with Crippen LogP contribution in [-0.2, 0) is 4.74 Å². The van der Waals surface area contributed by atoms with Gasteiger partial charge in [-0.2, -0.15) is 0 Å². The van der Waals surface area contributed by atoms with Crippen LogP contribution in [0.5, 0.6) is 0 Å². The van der Waals surface area contributed by atoms with Crippen LogP contribution in [0.4, 0.5) is 5.82 Å². The fourth-order valence-electron chi connectivity index (χ4n) is 2.26. The van der Waals surface area contributed by atoms with Crippen molar-refractivity contribution in [2.45, 2.75) is 31.9 Å². The Morgan fingerprint density at radius 3 is 3.06 bits per heavy atom. The molecule has 0 spiro atoms. The van der Waals surface area contributed by atoms with Gasteiger partial charge in [0.1, 0.15) is 11.3 Å². The van der Waals surface area contributed by atoms with Crippen molar-refractivity contribution in [1.82, 2.24) is 15.0 Å². The first kappa shape index (κ1) is 11.3. The minimum Gasteiger partial charge on any atom is -0.376 e. The van der Waals surface area contributed by atoms with Crippen LogP contribution >= 0.6 is 0 Å². The van der Waals surface area contributed by atoms with Crippen molar-refractivity contribution in [3.05, 3.63) is 24.5 Å². The van der Waals surface area contributed by atoms with Crippen molar-refractivity contribution in [2.24, 2.45) is 0 Å². The maximum absolute atomic E-state index is 5.66. The van der Waals surface area contributed by atoms with Gasteiger partial charge in [0.15, 0.2) is 5.65 Å². The van der Waals surface area contributed by atoms with Gasteiger partial charge in [-0.25, -0.2) is 9.97 Å². The lowest BCUT2D eigenvalue weighted by Gasteiger charge is -2.20. The third-order valence-electron chi connectivity index (χ3n) is 3.23. The molecule has 1 fully saturated rings. The Hall–Kier alpha value is -1.75. The van der Waals surface area contributed by atoms with Crippen molar-refractivity contribution >= 4 is 17.0 Å². The SMILES string of the molecule is CC(Nc1ccc2nccnc2n1)C1CCCO1. The predicted octanol–water partition coefficient (Wildman–Crippen LogP) is 2.00. The topological polar surface area (TPSA) is 59.9 Å². The largest absolute Gasteiger partial charge is 0.376 e. The molecule has 0 saturated carbocycles. The number of ether oxygens (including phenoxy) is 1. The average Bonchev–Trinajstić information content (AvgIpc) is 2.92. The van der Waals surface area contributed by atoms with E-state index in [1.165, 1.54) is 0 Å². The molecule has 2 aromatic heterocycles. The van der Waals surface area contributed by atoms with Gasteiger partial charge in [-0.05, 0) is 31.9 Å². The van der Waals surface area contributed by atoms with E-state index >= 15 is 0 Å². The zero-order valence-electron chi connectivity index (χ0n) is 10.3. The summed E-state index contributed by atoms with van der Waals surface area (Å²) in [7, 11) is 0. The van der Waals surface area contributed by atoms with E-state index in [1.54, 1.807) is 12.4 Å². The summed E-state index contributed by atoms with van der Waals surface area (Å²) in [6.45, 7) is 2.99. The molecule has 0 aromatic carbocycles. The van der Waals surface area contributed by atoms with Crippen LogP contribution < -0.4 is 5.32 Å². The maximum Gasteiger partial charge on any atom is 0.180 e. The highest BCUT2D eigenvalue weighted by atomic mass is 16.5. The number of anilines is 1. The minimum atomic E-state index is 0.258. The lowest BCUT2D eigenvalue weighted by molar-refractivity contribution is 0.0996. The van der Waals surface area contributed by atoms with E-state index in [1.807, 2.05) is 12.1 Å². The van der Waals surface area contributed by atoms with E-state index in [0.717, 1.165) is 30.8 Å². The zero-order chi connectivity index (χ0) is 12.4. The Bertz CT molecular complexity index is 539. The molecule has 5 heteroatoms. The van der Waals surface area contributed by atoms with Crippen molar-refractivity contribution in [1.29, 1.82) is 0 Å². The Morgan fingerprint density at radius 2 is 2.22 bits per heavy atom. The maximum atomic E-state index is 5.66. The lowest BCUT2D eigenvalue weighted by Crippen LogP contribution is -2.30. The van der Waals surface area contributed by atoms with Gasteiger partial charge in [-0.15, -0.1) is 0 Å². The van der Waals surface area contributed by atoms with Crippen LogP contribution in [0.3, 0.4) is 0 Å². The first-order valence-corrected chi connectivity index (χ1v) is 6.29. The standard InChI is InChI=1S/C13H16N4O/c1-9(11-3-2-8-18-11)16-12-5-4-10-13(17-12)15-7-6-14-10/h4-7,9,11H,2-3,8H2,1H3,(H,15,16,17). The molecule has 3 heterocycles. The molecule has 3 rings (SSSR count). The van der Waals surface area contributed by atoms with Gasteiger partial charge in [0, 0.05) is 19.0 Å². The molecule has 2 unspecified atom stereocenters. The summed E-state index contributed by atoms with van der Waals surface area (Å²) in [5.74, 6) is 0.825. The van der Waals surface area contributed by atoms with Gasteiger partial charge in [-0.3, -0.25) is 4.98 Å². The van der Waals surface area contributed by atoms with Crippen molar-refractivity contribution < 1.29 is 4.74 Å². The second kappa shape index (κ2) is 4.86. The number of hydrogen-bond donors (Lipinski definition) is 1. The summed E-state index contributed by atoms with van der Waals surface area (Å²) in [5.41, 5.74) is 1.48. The summed E-state index contributed by atoms with van der Waals surface area (Å²) >= 11 is 0. The van der Waals surface area contributed by atoms with Crippen LogP contribution in [0.1, 0.15) is 19.8 Å². The van der Waals surface area contributed by atoms with E-state index in [2.05, 4.69) is 27.2 Å². The second-order valence-electron chi connectivity index (χ2n) is 4.58. The number of fused-ring (bicyclic) bond motifs is 1. The van der Waals surface area contributed by atoms with Gasteiger partial charge in [0.2, 0.25) is 0 Å². The predicted molar refractivity (Wildman–Crippen MR) is 69.4 cm³/mol. The Balaban J connectivity index is 1.77. The molecule has 18 heavy (non-hydrogen) atoms. The van der Waals surface area contributed by atoms with Crippen LogP contribution in [0.2, 0.25) is 0 Å². The summed E-state index contributed by atoms with van der Waals surface area (Å²) in [5, 5.41) is 3.37. The normalized spacial score (nSPS) is 21.1. The number of hydrogen-bond acceptors (Lipinski definition) is 5. The smallest absolute Gasteiger partial charge is 0.180 e. The summed E-state index contributed by atoms with van der Waals surface area (Å²) < 4.78 is 5.66. The molecule has 0 radical (unpaired) electrons. The molecule has 0 amide bonds. The van der Waals surface area contributed by atoms with E-state index in [4.69, 9.17) is 4.74 Å². The highest BCUT2D eigenvalue weighted by molar-refractivity contribution is 5.71. The Kier molecular flexibility index (Phi) is 3.06. The number of nitrogens with zero attached hydrogens (tertiary/aromatic N) is 3. The molecule has 0 aliphatic carbocycles. The number of nitrogens with one attached hydrogen (secondary N) is 1. The summed E-state index contributed by atoms with van der Waals surface area (Å²) in [4.78, 5) is 12.8. The number of pyridine rings is 1. The molecule has 5 nitrogen and oxygen atoms in total. The van der Waals surface area contributed by atoms with Gasteiger partial charge < -0.3 is 10.1 Å². The third kappa shape index (κ3) is 2.26. The molecule has 1 N–H and O–H groups in total. The van der Waals surface area contributed by atoms with Crippen LogP contribution in [0.15, 0.2) is 24.5 Å². The van der Waals surface area contributed by atoms with E-state index < -0.39 is 0 Å². The van der Waals surface area contributed by atoms with Crippen molar-refractivity contribution in [3.8, 4) is 0 Å². The van der Waals surface area contributed by atoms with Crippen LogP contribution in [-0.4, -0.2) is 33.7 Å². The number of rotatable bonds is 3. The van der Waals surface area contributed by atoms with Crippen LogP contribution in [0, 0.1) is 0 Å². The molecular weight excluding hydrogens is 228 g/mol. The van der Waals surface area contributed by atoms with E-state index in [-0.39, 0.29) is 12.1 Å². The lowest BCUT2D eigenvalue weighted by atomic mass is 10.1. The monoisotopic (exact) mass is 244 g/mol. The zero-order valence-corrected chi connectivity index (χ0v) is 10.3. The molecule has 0 bridgehead atoms. The second-order valence-corrected chi connectivity index (χ2v) is 4.58. The molecular formula is C13H16N4O. The van der Waals surface area contributed by atoms with Gasteiger partial charge in [0.05, 0.1) is 12.1 Å². The first-order chi connectivity index (χ1) is 8.83. The summed E-state index contributed by atoms with van der Waals surface area (Å²) in [6.07, 6.45) is 5.87. The Morgan fingerprint density at radius 1 is 1.33 bits per heavy atom. The number of aromatic nitrogens is 3. The highest BCUT2D eigenvalue weighted by Gasteiger charge is 2.22. The molecule has 1 aliphatic heterocycles. The minimum absolute atomic E-state index is 0.258. The van der Waals surface area contributed by atoms with Crippen molar-refractivity contribution in [2.75, 3.05) is 11.9 Å². The quantitative estimate of drug-likeness (QED) is 0.894. The fourth-order valence-corrected chi connectivity index (χ4v) is 2.26. The molecule has 94 valence electrons. The van der Waals surface area contributed by atoms with Crippen molar-refractivity contribution in [3.63, 3.8) is 0 Å². The molecule has 2 aromatic rings. The third-order valence-corrected chi connectivity index (χ3v) is 3.23. The van der Waals surface area contributed by atoms with Gasteiger partial charge >= 0.3 is 0 Å².